The van der Waals surface area contributed by atoms with Gasteiger partial charge >= 0.3 is 12.0 Å². The first-order valence-corrected chi connectivity index (χ1v) is 6.82. The number of aliphatic carboxylic acids is 1. The van der Waals surface area contributed by atoms with E-state index in [1.807, 2.05) is 13.8 Å². The molecule has 0 aromatic heterocycles. The number of likely N-dealkylation sites (tertiary alicyclic amines) is 1. The molecule has 0 spiro atoms. The number of carboxylic acids is 1. The van der Waals surface area contributed by atoms with Gasteiger partial charge in [-0.3, -0.25) is 0 Å². The number of carboxylic acid groups (broad SMARTS) is 1. The fraction of sp³-hybridized carbons (Fsp3) is 0.846. The summed E-state index contributed by atoms with van der Waals surface area (Å²) in [5, 5.41) is 12.1. The van der Waals surface area contributed by atoms with Crippen molar-refractivity contribution in [2.45, 2.75) is 51.7 Å². The maximum Gasteiger partial charge on any atom is 0.329 e. The van der Waals surface area contributed by atoms with Gasteiger partial charge in [0.2, 0.25) is 0 Å². The number of nitrogens with zero attached hydrogens (tertiary/aromatic N) is 1. The number of amides is 2. The number of ether oxygens (including phenoxy) is 1. The number of hydrogen-bond acceptors (Lipinski definition) is 3. The Morgan fingerprint density at radius 2 is 2.16 bits per heavy atom. The van der Waals surface area contributed by atoms with E-state index in [0.717, 1.165) is 12.8 Å². The molecule has 6 heteroatoms. The monoisotopic (exact) mass is 272 g/mol. The van der Waals surface area contributed by atoms with Gasteiger partial charge in [-0.15, -0.1) is 0 Å². The Kier molecular flexibility index (Phi) is 5.60. The first-order valence-electron chi connectivity index (χ1n) is 6.82. The van der Waals surface area contributed by atoms with E-state index in [1.165, 1.54) is 4.90 Å². The summed E-state index contributed by atoms with van der Waals surface area (Å²) in [6.45, 7) is 6.84. The molecular weight excluding hydrogens is 248 g/mol. The van der Waals surface area contributed by atoms with Crippen molar-refractivity contribution in [1.29, 1.82) is 0 Å². The number of carbonyl (C=O) groups is 2. The number of urea groups is 1. The fourth-order valence-electron chi connectivity index (χ4n) is 2.34. The van der Waals surface area contributed by atoms with Crippen LogP contribution in [0, 0.1) is 0 Å². The summed E-state index contributed by atoms with van der Waals surface area (Å²) >= 11 is 0. The molecule has 0 radical (unpaired) electrons. The van der Waals surface area contributed by atoms with Crippen LogP contribution in [0.2, 0.25) is 0 Å². The molecule has 1 fully saturated rings. The Hall–Kier alpha value is -1.30. The second-order valence-electron chi connectivity index (χ2n) is 5.14. The van der Waals surface area contributed by atoms with E-state index < -0.39 is 11.5 Å². The summed E-state index contributed by atoms with van der Waals surface area (Å²) in [5.74, 6) is -0.944. The molecular formula is C13H24N2O4. The molecule has 0 saturated carbocycles. The molecule has 0 aromatic carbocycles. The van der Waals surface area contributed by atoms with Crippen molar-refractivity contribution in [3.8, 4) is 0 Å². The van der Waals surface area contributed by atoms with Crippen molar-refractivity contribution >= 4 is 12.0 Å². The summed E-state index contributed by atoms with van der Waals surface area (Å²) in [6, 6.07) is -0.323. The number of piperidine rings is 1. The zero-order chi connectivity index (χ0) is 14.5. The smallest absolute Gasteiger partial charge is 0.329 e. The van der Waals surface area contributed by atoms with Crippen LogP contribution >= 0.6 is 0 Å². The van der Waals surface area contributed by atoms with Gasteiger partial charge in [-0.2, -0.15) is 0 Å². The van der Waals surface area contributed by atoms with Crippen LogP contribution in [-0.2, 0) is 9.53 Å². The Morgan fingerprint density at radius 3 is 2.74 bits per heavy atom. The summed E-state index contributed by atoms with van der Waals surface area (Å²) in [4.78, 5) is 24.9. The molecule has 0 bridgehead atoms. The van der Waals surface area contributed by atoms with E-state index in [0.29, 0.717) is 26.1 Å². The summed E-state index contributed by atoms with van der Waals surface area (Å²) in [5.41, 5.74) is -1.10. The lowest BCUT2D eigenvalue weighted by atomic mass is 9.89. The number of nitrogens with one attached hydrogen (secondary N) is 1. The number of carbonyl (C=O) groups excluding carboxylic acids is 1. The molecule has 1 saturated heterocycles. The van der Waals surface area contributed by atoms with Gasteiger partial charge < -0.3 is 20.1 Å². The van der Waals surface area contributed by atoms with Crippen LogP contribution in [-0.4, -0.2) is 53.3 Å². The van der Waals surface area contributed by atoms with E-state index in [4.69, 9.17) is 4.74 Å². The van der Waals surface area contributed by atoms with Crippen LogP contribution in [0.5, 0.6) is 0 Å². The van der Waals surface area contributed by atoms with Crippen LogP contribution in [0.15, 0.2) is 0 Å². The molecule has 2 unspecified atom stereocenters. The molecule has 2 atom stereocenters. The molecule has 110 valence electrons. The number of hydrogen-bond donors (Lipinski definition) is 2. The quantitative estimate of drug-likeness (QED) is 0.794. The van der Waals surface area contributed by atoms with Crippen molar-refractivity contribution in [3.05, 3.63) is 0 Å². The van der Waals surface area contributed by atoms with Gasteiger partial charge in [-0.05, 0) is 40.0 Å². The molecule has 1 heterocycles. The van der Waals surface area contributed by atoms with Crippen LogP contribution in [0.4, 0.5) is 4.79 Å². The van der Waals surface area contributed by atoms with Gasteiger partial charge in [-0.1, -0.05) is 0 Å². The van der Waals surface area contributed by atoms with E-state index in [2.05, 4.69) is 5.32 Å². The highest BCUT2D eigenvalue weighted by Crippen LogP contribution is 2.28. The lowest BCUT2D eigenvalue weighted by molar-refractivity contribution is -0.150. The first kappa shape index (κ1) is 15.8. The maximum absolute atomic E-state index is 12.1. The zero-order valence-electron chi connectivity index (χ0n) is 11.9. The molecule has 2 N–H and O–H groups in total. The average Bonchev–Trinajstić information content (AvgIpc) is 2.36. The van der Waals surface area contributed by atoms with Gasteiger partial charge in [0.1, 0.15) is 5.54 Å². The van der Waals surface area contributed by atoms with Gasteiger partial charge in [0.05, 0.1) is 6.10 Å². The maximum atomic E-state index is 12.1. The van der Waals surface area contributed by atoms with Crippen LogP contribution in [0.3, 0.4) is 0 Å². The minimum absolute atomic E-state index is 0.0742. The Bertz CT molecular complexity index is 335. The normalized spacial score (nSPS) is 24.9. The molecule has 0 aliphatic carbocycles. The zero-order valence-corrected chi connectivity index (χ0v) is 11.9. The molecule has 1 rings (SSSR count). The summed E-state index contributed by atoms with van der Waals surface area (Å²) < 4.78 is 5.33. The lowest BCUT2D eigenvalue weighted by Gasteiger charge is -2.41. The summed E-state index contributed by atoms with van der Waals surface area (Å²) in [6.07, 6.45) is 2.10. The minimum Gasteiger partial charge on any atom is -0.480 e. The van der Waals surface area contributed by atoms with Crippen LogP contribution in [0.25, 0.3) is 0 Å². The van der Waals surface area contributed by atoms with E-state index in [-0.39, 0.29) is 12.1 Å². The Balaban J connectivity index is 2.60. The highest BCUT2D eigenvalue weighted by Gasteiger charge is 2.43. The van der Waals surface area contributed by atoms with Crippen molar-refractivity contribution in [1.82, 2.24) is 10.2 Å². The van der Waals surface area contributed by atoms with Crippen molar-refractivity contribution < 1.29 is 19.4 Å². The second kappa shape index (κ2) is 6.75. The minimum atomic E-state index is -1.10. The standard InChI is InChI=1S/C13H24N2O4/c1-4-19-10(2)9-14-12(18)15-8-6-5-7-13(15,3)11(16)17/h10H,4-9H2,1-3H3,(H,14,18)(H,16,17). The van der Waals surface area contributed by atoms with E-state index in [9.17, 15) is 14.7 Å². The van der Waals surface area contributed by atoms with Gasteiger partial charge in [0.25, 0.3) is 0 Å². The average molecular weight is 272 g/mol. The summed E-state index contributed by atoms with van der Waals surface area (Å²) in [7, 11) is 0. The van der Waals surface area contributed by atoms with E-state index >= 15 is 0 Å². The van der Waals surface area contributed by atoms with Crippen LogP contribution in [0.1, 0.15) is 40.0 Å². The topological polar surface area (TPSA) is 78.9 Å². The first-order chi connectivity index (χ1) is 8.91. The third-order valence-corrected chi connectivity index (χ3v) is 3.59. The molecule has 1 aliphatic rings. The fourth-order valence-corrected chi connectivity index (χ4v) is 2.34. The van der Waals surface area contributed by atoms with Crippen LogP contribution < -0.4 is 5.32 Å². The van der Waals surface area contributed by atoms with Crippen molar-refractivity contribution in [2.75, 3.05) is 19.7 Å². The van der Waals surface area contributed by atoms with E-state index in [1.54, 1.807) is 6.92 Å². The Morgan fingerprint density at radius 1 is 1.47 bits per heavy atom. The predicted octanol–water partition coefficient (Wildman–Crippen LogP) is 1.45. The number of rotatable bonds is 5. The molecule has 0 aromatic rings. The van der Waals surface area contributed by atoms with Gasteiger partial charge in [0, 0.05) is 19.7 Å². The highest BCUT2D eigenvalue weighted by atomic mass is 16.5. The molecule has 6 nitrogen and oxygen atoms in total. The SMILES string of the molecule is CCOC(C)CNC(=O)N1CCCCC1(C)C(=O)O. The third kappa shape index (κ3) is 3.83. The largest absolute Gasteiger partial charge is 0.480 e. The highest BCUT2D eigenvalue weighted by molar-refractivity contribution is 5.86. The van der Waals surface area contributed by atoms with Crippen molar-refractivity contribution in [2.24, 2.45) is 0 Å². The molecule has 2 amide bonds. The van der Waals surface area contributed by atoms with Gasteiger partial charge in [0.15, 0.2) is 0 Å². The second-order valence-corrected chi connectivity index (χ2v) is 5.14. The molecule has 1 aliphatic heterocycles. The molecule has 19 heavy (non-hydrogen) atoms. The van der Waals surface area contributed by atoms with Crippen molar-refractivity contribution in [3.63, 3.8) is 0 Å². The Labute approximate surface area is 114 Å². The van der Waals surface area contributed by atoms with Gasteiger partial charge in [-0.25, -0.2) is 9.59 Å². The third-order valence-electron chi connectivity index (χ3n) is 3.59. The lowest BCUT2D eigenvalue weighted by Crippen LogP contribution is -2.60. The predicted molar refractivity (Wildman–Crippen MR) is 71.1 cm³/mol.